The van der Waals surface area contributed by atoms with Crippen molar-refractivity contribution in [1.82, 2.24) is 0 Å². The Labute approximate surface area is 121 Å². The Hall–Kier alpha value is -1.06. The summed E-state index contributed by atoms with van der Waals surface area (Å²) in [6.45, 7) is 1.72. The maximum absolute atomic E-state index is 5.50. The topological polar surface area (TPSA) is 18.5 Å². The molecule has 2 atom stereocenters. The standard InChI is InChI=1S/C16H17BrO2/c1-18-15-7-6-14(12-4-2-3-5-13(12)15)16(17)11-8-9-19-10-11/h2-7,11,16H,8-10H2,1H3. The number of methoxy groups -OCH3 is 1. The van der Waals surface area contributed by atoms with E-state index in [0.29, 0.717) is 10.7 Å². The van der Waals surface area contributed by atoms with Gasteiger partial charge in [0.05, 0.1) is 13.7 Å². The molecule has 0 aromatic heterocycles. The third-order valence-electron chi connectivity index (χ3n) is 3.81. The van der Waals surface area contributed by atoms with Crippen LogP contribution in [0.15, 0.2) is 36.4 Å². The van der Waals surface area contributed by atoms with Crippen LogP contribution >= 0.6 is 15.9 Å². The smallest absolute Gasteiger partial charge is 0.126 e. The van der Waals surface area contributed by atoms with Crippen molar-refractivity contribution >= 4 is 26.7 Å². The first-order valence-electron chi connectivity index (χ1n) is 6.58. The third-order valence-corrected chi connectivity index (χ3v) is 5.05. The second-order valence-corrected chi connectivity index (χ2v) is 5.91. The molecule has 2 nitrogen and oxygen atoms in total. The van der Waals surface area contributed by atoms with E-state index >= 15 is 0 Å². The van der Waals surface area contributed by atoms with E-state index in [9.17, 15) is 0 Å². The number of rotatable bonds is 3. The molecule has 0 amide bonds. The van der Waals surface area contributed by atoms with Gasteiger partial charge < -0.3 is 9.47 Å². The van der Waals surface area contributed by atoms with Crippen molar-refractivity contribution in [2.24, 2.45) is 5.92 Å². The average Bonchev–Trinajstić information content (AvgIpc) is 2.99. The molecule has 3 rings (SSSR count). The van der Waals surface area contributed by atoms with Gasteiger partial charge >= 0.3 is 0 Å². The Morgan fingerprint density at radius 1 is 1.21 bits per heavy atom. The van der Waals surface area contributed by atoms with E-state index in [4.69, 9.17) is 9.47 Å². The van der Waals surface area contributed by atoms with Crippen LogP contribution < -0.4 is 4.74 Å². The summed E-state index contributed by atoms with van der Waals surface area (Å²) in [6.07, 6.45) is 1.12. The Kier molecular flexibility index (Phi) is 3.76. The number of fused-ring (bicyclic) bond motifs is 1. The lowest BCUT2D eigenvalue weighted by Crippen LogP contribution is -2.07. The molecule has 3 heteroatoms. The fourth-order valence-electron chi connectivity index (χ4n) is 2.75. The zero-order valence-corrected chi connectivity index (χ0v) is 12.5. The van der Waals surface area contributed by atoms with Crippen LogP contribution in [0.5, 0.6) is 5.75 Å². The van der Waals surface area contributed by atoms with Gasteiger partial charge in [0.2, 0.25) is 0 Å². The third kappa shape index (κ3) is 2.37. The summed E-state index contributed by atoms with van der Waals surface area (Å²) in [5.41, 5.74) is 1.33. The van der Waals surface area contributed by atoms with Crippen molar-refractivity contribution in [2.45, 2.75) is 11.2 Å². The second kappa shape index (κ2) is 5.51. The number of benzene rings is 2. The van der Waals surface area contributed by atoms with Crippen molar-refractivity contribution in [3.8, 4) is 5.75 Å². The molecular weight excluding hydrogens is 304 g/mol. The Bertz CT molecular complexity index is 576. The van der Waals surface area contributed by atoms with Gasteiger partial charge in [-0.25, -0.2) is 0 Å². The summed E-state index contributed by atoms with van der Waals surface area (Å²) in [5, 5.41) is 2.43. The first kappa shape index (κ1) is 12.9. The fourth-order valence-corrected chi connectivity index (χ4v) is 3.57. The molecule has 2 aromatic carbocycles. The van der Waals surface area contributed by atoms with E-state index < -0.39 is 0 Å². The zero-order chi connectivity index (χ0) is 13.2. The summed E-state index contributed by atoms with van der Waals surface area (Å²) in [4.78, 5) is 0.339. The summed E-state index contributed by atoms with van der Waals surface area (Å²) >= 11 is 3.86. The lowest BCUT2D eigenvalue weighted by molar-refractivity contribution is 0.185. The van der Waals surface area contributed by atoms with Crippen LogP contribution in [0.1, 0.15) is 16.8 Å². The second-order valence-electron chi connectivity index (χ2n) is 4.93. The van der Waals surface area contributed by atoms with Crippen molar-refractivity contribution in [2.75, 3.05) is 20.3 Å². The number of hydrogen-bond acceptors (Lipinski definition) is 2. The van der Waals surface area contributed by atoms with Crippen LogP contribution in [0.25, 0.3) is 10.8 Å². The van der Waals surface area contributed by atoms with E-state index in [0.717, 1.165) is 25.4 Å². The molecule has 0 spiro atoms. The minimum atomic E-state index is 0.339. The number of hydrogen-bond donors (Lipinski definition) is 0. The van der Waals surface area contributed by atoms with E-state index in [1.165, 1.54) is 16.3 Å². The van der Waals surface area contributed by atoms with Crippen LogP contribution in [-0.2, 0) is 4.74 Å². The maximum atomic E-state index is 5.50. The average molecular weight is 321 g/mol. The summed E-state index contributed by atoms with van der Waals surface area (Å²) < 4.78 is 10.9. The van der Waals surface area contributed by atoms with Crippen LogP contribution in [0.4, 0.5) is 0 Å². The highest BCUT2D eigenvalue weighted by molar-refractivity contribution is 9.09. The van der Waals surface area contributed by atoms with Gasteiger partial charge in [0.15, 0.2) is 0 Å². The van der Waals surface area contributed by atoms with Gasteiger partial charge in [-0.1, -0.05) is 46.3 Å². The van der Waals surface area contributed by atoms with Gasteiger partial charge in [0.25, 0.3) is 0 Å². The molecule has 2 aromatic rings. The highest BCUT2D eigenvalue weighted by Crippen LogP contribution is 2.41. The first-order chi connectivity index (χ1) is 9.31. The molecule has 1 aliphatic heterocycles. The molecule has 0 bridgehead atoms. The zero-order valence-electron chi connectivity index (χ0n) is 10.9. The van der Waals surface area contributed by atoms with Gasteiger partial charge in [0, 0.05) is 22.7 Å². The largest absolute Gasteiger partial charge is 0.496 e. The minimum absolute atomic E-state index is 0.339. The molecule has 1 saturated heterocycles. The quantitative estimate of drug-likeness (QED) is 0.784. The van der Waals surface area contributed by atoms with Crippen LogP contribution in [-0.4, -0.2) is 20.3 Å². The summed E-state index contributed by atoms with van der Waals surface area (Å²) in [5.74, 6) is 1.48. The van der Waals surface area contributed by atoms with Gasteiger partial charge in [-0.3, -0.25) is 0 Å². The van der Waals surface area contributed by atoms with Gasteiger partial charge in [-0.15, -0.1) is 0 Å². The molecule has 100 valence electrons. The molecule has 1 fully saturated rings. The number of alkyl halides is 1. The minimum Gasteiger partial charge on any atom is -0.496 e. The number of halogens is 1. The fraction of sp³-hybridized carbons (Fsp3) is 0.375. The molecule has 0 aliphatic carbocycles. The molecule has 0 radical (unpaired) electrons. The predicted molar refractivity (Wildman–Crippen MR) is 81.1 cm³/mol. The van der Waals surface area contributed by atoms with E-state index in [1.807, 2.05) is 0 Å². The van der Waals surface area contributed by atoms with Gasteiger partial charge in [-0.05, 0) is 23.4 Å². The molecule has 2 unspecified atom stereocenters. The summed E-state index contributed by atoms with van der Waals surface area (Å²) in [6, 6.07) is 12.6. The maximum Gasteiger partial charge on any atom is 0.126 e. The van der Waals surface area contributed by atoms with E-state index in [-0.39, 0.29) is 0 Å². The molecule has 1 aliphatic rings. The predicted octanol–water partition coefficient (Wildman–Crippen LogP) is 4.32. The van der Waals surface area contributed by atoms with E-state index in [2.05, 4.69) is 52.3 Å². The lowest BCUT2D eigenvalue weighted by atomic mass is 9.94. The highest BCUT2D eigenvalue weighted by Gasteiger charge is 2.26. The number of ether oxygens (including phenoxy) is 2. The van der Waals surface area contributed by atoms with Gasteiger partial charge in [0.1, 0.15) is 5.75 Å². The van der Waals surface area contributed by atoms with Crippen molar-refractivity contribution in [3.63, 3.8) is 0 Å². The molecular formula is C16H17BrO2. The van der Waals surface area contributed by atoms with Crippen molar-refractivity contribution in [1.29, 1.82) is 0 Å². The van der Waals surface area contributed by atoms with Crippen LogP contribution in [0, 0.1) is 5.92 Å². The Balaban J connectivity index is 2.08. The Morgan fingerprint density at radius 2 is 2.00 bits per heavy atom. The highest BCUT2D eigenvalue weighted by atomic mass is 79.9. The molecule has 1 heterocycles. The summed E-state index contributed by atoms with van der Waals surface area (Å²) in [7, 11) is 1.72. The van der Waals surface area contributed by atoms with Crippen molar-refractivity contribution in [3.05, 3.63) is 42.0 Å². The normalized spacial score (nSPS) is 20.6. The molecule has 19 heavy (non-hydrogen) atoms. The molecule has 0 saturated carbocycles. The first-order valence-corrected chi connectivity index (χ1v) is 7.50. The molecule has 0 N–H and O–H groups in total. The van der Waals surface area contributed by atoms with E-state index in [1.54, 1.807) is 7.11 Å². The monoisotopic (exact) mass is 320 g/mol. The SMILES string of the molecule is COc1ccc(C(Br)C2CCOC2)c2ccccc12. The Morgan fingerprint density at radius 3 is 2.68 bits per heavy atom. The van der Waals surface area contributed by atoms with Crippen LogP contribution in [0.3, 0.4) is 0 Å². The lowest BCUT2D eigenvalue weighted by Gasteiger charge is -2.19. The van der Waals surface area contributed by atoms with Gasteiger partial charge in [-0.2, -0.15) is 0 Å². The van der Waals surface area contributed by atoms with Crippen LogP contribution in [0.2, 0.25) is 0 Å². The van der Waals surface area contributed by atoms with Crippen molar-refractivity contribution < 1.29 is 9.47 Å².